The zero-order valence-corrected chi connectivity index (χ0v) is 16.4. The molecular weight excluding hydrogens is 359 g/mol. The summed E-state index contributed by atoms with van der Waals surface area (Å²) in [5.41, 5.74) is 5.85. The molecule has 2 heteroatoms. The molecule has 0 saturated carbocycles. The van der Waals surface area contributed by atoms with Gasteiger partial charge in [-0.05, 0) is 0 Å². The van der Waals surface area contributed by atoms with Gasteiger partial charge in [-0.2, -0.15) is 0 Å². The third-order valence-corrected chi connectivity index (χ3v) is 15.5. The SMILES string of the molecule is COc1ccc2c(c1)[CH]([Zr]([CH3])([CH3])[C]1=CC=CC1)c1ccccc1-2. The molecular formula is C21H22OZr. The first-order chi connectivity index (χ1) is 11.1. The van der Waals surface area contributed by atoms with Gasteiger partial charge in [0, 0.05) is 0 Å². The number of hydrogen-bond donors (Lipinski definition) is 0. The van der Waals surface area contributed by atoms with E-state index in [0.717, 1.165) is 12.2 Å². The minimum absolute atomic E-state index is 0.580. The predicted molar refractivity (Wildman–Crippen MR) is 93.8 cm³/mol. The summed E-state index contributed by atoms with van der Waals surface area (Å²) in [4.78, 5) is 0. The Morgan fingerprint density at radius 3 is 2.52 bits per heavy atom. The quantitative estimate of drug-likeness (QED) is 0.647. The molecule has 0 N–H and O–H groups in total. The van der Waals surface area contributed by atoms with Crippen LogP contribution in [-0.4, -0.2) is 7.11 Å². The first kappa shape index (κ1) is 15.1. The van der Waals surface area contributed by atoms with Crippen molar-refractivity contribution in [1.29, 1.82) is 0 Å². The van der Waals surface area contributed by atoms with Crippen LogP contribution in [0.15, 0.2) is 64.0 Å². The van der Waals surface area contributed by atoms with Crippen LogP contribution in [-0.2, 0) is 20.3 Å². The van der Waals surface area contributed by atoms with Crippen LogP contribution < -0.4 is 4.74 Å². The van der Waals surface area contributed by atoms with Crippen molar-refractivity contribution in [3.8, 4) is 16.9 Å². The maximum absolute atomic E-state index is 5.52. The molecule has 0 fully saturated rings. The zero-order valence-electron chi connectivity index (χ0n) is 14.0. The van der Waals surface area contributed by atoms with Crippen LogP contribution in [0, 0.1) is 0 Å². The fourth-order valence-electron chi connectivity index (χ4n) is 4.20. The van der Waals surface area contributed by atoms with Gasteiger partial charge in [-0.3, -0.25) is 0 Å². The van der Waals surface area contributed by atoms with E-state index in [2.05, 4.69) is 70.0 Å². The predicted octanol–water partition coefficient (Wildman–Crippen LogP) is 5.86. The van der Waals surface area contributed by atoms with Gasteiger partial charge in [-0.15, -0.1) is 0 Å². The number of allylic oxidation sites excluding steroid dienone is 4. The summed E-state index contributed by atoms with van der Waals surface area (Å²) in [5.74, 6) is 0.974. The van der Waals surface area contributed by atoms with Gasteiger partial charge >= 0.3 is 143 Å². The molecule has 1 atom stereocenters. The summed E-state index contributed by atoms with van der Waals surface area (Å²) in [5, 5.41) is 0. The molecule has 2 aliphatic rings. The Labute approximate surface area is 143 Å². The van der Waals surface area contributed by atoms with Crippen molar-refractivity contribution >= 4 is 0 Å². The van der Waals surface area contributed by atoms with Gasteiger partial charge in [0.2, 0.25) is 0 Å². The summed E-state index contributed by atoms with van der Waals surface area (Å²) in [6, 6.07) is 15.6. The van der Waals surface area contributed by atoms with Crippen molar-refractivity contribution in [2.45, 2.75) is 19.3 Å². The Balaban J connectivity index is 1.93. The molecule has 0 bridgehead atoms. The first-order valence-corrected chi connectivity index (χ1v) is 15.8. The number of benzene rings is 2. The molecule has 0 amide bonds. The van der Waals surface area contributed by atoms with Crippen molar-refractivity contribution in [3.05, 3.63) is 75.1 Å². The van der Waals surface area contributed by atoms with E-state index in [-0.39, 0.29) is 0 Å². The van der Waals surface area contributed by atoms with E-state index in [9.17, 15) is 0 Å². The molecule has 1 nitrogen and oxygen atoms in total. The van der Waals surface area contributed by atoms with Gasteiger partial charge in [-0.25, -0.2) is 0 Å². The average Bonchev–Trinajstić information content (AvgIpc) is 3.20. The molecule has 2 aromatic rings. The third-order valence-electron chi connectivity index (χ3n) is 5.45. The van der Waals surface area contributed by atoms with Crippen LogP contribution in [0.1, 0.15) is 21.2 Å². The monoisotopic (exact) mass is 380 g/mol. The number of ether oxygens (including phenoxy) is 1. The Morgan fingerprint density at radius 1 is 1.00 bits per heavy atom. The van der Waals surface area contributed by atoms with Gasteiger partial charge < -0.3 is 0 Å². The summed E-state index contributed by atoms with van der Waals surface area (Å²) >= 11 is -2.51. The topological polar surface area (TPSA) is 9.23 Å². The second-order valence-electron chi connectivity index (χ2n) is 7.02. The molecule has 4 rings (SSSR count). The summed E-state index contributed by atoms with van der Waals surface area (Å²) in [7, 11) is 1.76. The first-order valence-electron chi connectivity index (χ1n) is 8.26. The van der Waals surface area contributed by atoms with Crippen molar-refractivity contribution in [3.63, 3.8) is 0 Å². The van der Waals surface area contributed by atoms with Crippen molar-refractivity contribution in [2.24, 2.45) is 0 Å². The Kier molecular flexibility index (Phi) is 3.69. The fourth-order valence-corrected chi connectivity index (χ4v) is 13.0. The van der Waals surface area contributed by atoms with Gasteiger partial charge in [0.1, 0.15) is 0 Å². The molecule has 116 valence electrons. The van der Waals surface area contributed by atoms with E-state index < -0.39 is 20.3 Å². The van der Waals surface area contributed by atoms with Crippen LogP contribution in [0.5, 0.6) is 5.75 Å². The molecule has 2 aromatic carbocycles. The van der Waals surface area contributed by atoms with E-state index >= 15 is 0 Å². The fraction of sp³-hybridized carbons (Fsp3) is 0.238. The van der Waals surface area contributed by atoms with Crippen LogP contribution in [0.3, 0.4) is 0 Å². The summed E-state index contributed by atoms with van der Waals surface area (Å²) < 4.78 is 13.0. The Morgan fingerprint density at radius 2 is 1.78 bits per heavy atom. The Bertz CT molecular complexity index is 829. The molecule has 1 unspecified atom stereocenters. The number of hydrogen-bond acceptors (Lipinski definition) is 1. The molecule has 23 heavy (non-hydrogen) atoms. The van der Waals surface area contributed by atoms with E-state index in [1.54, 1.807) is 10.4 Å². The van der Waals surface area contributed by atoms with Crippen molar-refractivity contribution < 1.29 is 25.0 Å². The summed E-state index contributed by atoms with van der Waals surface area (Å²) in [6.07, 6.45) is 8.08. The van der Waals surface area contributed by atoms with Gasteiger partial charge in [0.15, 0.2) is 0 Å². The molecule has 0 saturated heterocycles. The third kappa shape index (κ3) is 2.31. The average molecular weight is 382 g/mol. The van der Waals surface area contributed by atoms with E-state index in [0.29, 0.717) is 3.63 Å². The van der Waals surface area contributed by atoms with Crippen LogP contribution in [0.4, 0.5) is 0 Å². The second kappa shape index (κ2) is 5.60. The Hall–Kier alpha value is -1.40. The van der Waals surface area contributed by atoms with Crippen LogP contribution in [0.2, 0.25) is 9.26 Å². The molecule has 0 spiro atoms. The van der Waals surface area contributed by atoms with E-state index in [1.807, 2.05) is 0 Å². The van der Waals surface area contributed by atoms with E-state index in [1.165, 1.54) is 22.3 Å². The standard InChI is InChI=1S/C14H11O.C5H5.2CH3.Zr/c1-15-12-6-7-14-11(9-12)8-10-4-2-3-5-13(10)14;1-2-4-5-3-1;;;/h2-9H,1H3;1-3H,4H2;2*1H3;. The number of rotatable bonds is 3. The van der Waals surface area contributed by atoms with Gasteiger partial charge in [-0.1, -0.05) is 0 Å². The molecule has 0 aromatic heterocycles. The van der Waals surface area contributed by atoms with Crippen molar-refractivity contribution in [1.82, 2.24) is 0 Å². The normalized spacial score (nSPS) is 18.6. The molecule has 0 aliphatic heterocycles. The van der Waals surface area contributed by atoms with Crippen molar-refractivity contribution in [2.75, 3.05) is 7.11 Å². The second-order valence-corrected chi connectivity index (χ2v) is 18.5. The van der Waals surface area contributed by atoms with Gasteiger partial charge in [0.25, 0.3) is 0 Å². The summed E-state index contributed by atoms with van der Waals surface area (Å²) in [6.45, 7) is 0. The molecule has 0 radical (unpaired) electrons. The molecule has 2 aliphatic carbocycles. The zero-order chi connectivity index (χ0) is 16.0. The van der Waals surface area contributed by atoms with E-state index in [4.69, 9.17) is 4.74 Å². The van der Waals surface area contributed by atoms with Crippen LogP contribution in [0.25, 0.3) is 11.1 Å². The van der Waals surface area contributed by atoms with Gasteiger partial charge in [0.05, 0.1) is 0 Å². The number of methoxy groups -OCH3 is 1. The van der Waals surface area contributed by atoms with Crippen LogP contribution >= 0.6 is 0 Å². The molecule has 0 heterocycles. The maximum atomic E-state index is 5.52. The number of fused-ring (bicyclic) bond motifs is 3. The minimum atomic E-state index is -2.51.